The number of hydrogen-bond donors (Lipinski definition) is 1. The van der Waals surface area contributed by atoms with Gasteiger partial charge in [0.15, 0.2) is 11.5 Å². The van der Waals surface area contributed by atoms with E-state index in [1.54, 1.807) is 22.5 Å². The Morgan fingerprint density at radius 1 is 0.923 bits per heavy atom. The van der Waals surface area contributed by atoms with Gasteiger partial charge >= 0.3 is 0 Å². The van der Waals surface area contributed by atoms with E-state index < -0.39 is 10.0 Å². The van der Waals surface area contributed by atoms with Crippen molar-refractivity contribution in [2.24, 2.45) is 0 Å². The maximum Gasteiger partial charge on any atom is 0.243 e. The number of sulfonamides is 1. The lowest BCUT2D eigenvalue weighted by Gasteiger charge is -2.31. The van der Waals surface area contributed by atoms with Crippen LogP contribution in [0.2, 0.25) is 0 Å². The highest BCUT2D eigenvalue weighted by molar-refractivity contribution is 7.89. The van der Waals surface area contributed by atoms with Crippen molar-refractivity contribution < 1.29 is 22.8 Å². The lowest BCUT2D eigenvalue weighted by molar-refractivity contribution is -0.917. The van der Waals surface area contributed by atoms with Crippen LogP contribution in [0.15, 0.2) is 53.4 Å². The second-order valence-corrected chi connectivity index (χ2v) is 8.56. The summed E-state index contributed by atoms with van der Waals surface area (Å²) in [6.07, 6.45) is 0. The maximum atomic E-state index is 13.0. The molecular weight excluding hydrogens is 352 g/mol. The van der Waals surface area contributed by atoms with Crippen LogP contribution >= 0.6 is 0 Å². The van der Waals surface area contributed by atoms with E-state index in [0.717, 1.165) is 19.6 Å². The molecule has 1 N–H and O–H groups in total. The average molecular weight is 375 g/mol. The molecule has 0 radical (unpaired) electrons. The van der Waals surface area contributed by atoms with Gasteiger partial charge in [0.1, 0.15) is 19.8 Å². The van der Waals surface area contributed by atoms with Crippen molar-refractivity contribution in [3.05, 3.63) is 54.1 Å². The molecule has 7 heteroatoms. The Balaban J connectivity index is 1.43. The number of nitrogens with one attached hydrogen (secondary N) is 1. The maximum absolute atomic E-state index is 13.0. The molecule has 0 saturated carbocycles. The Morgan fingerprint density at radius 2 is 1.62 bits per heavy atom. The lowest BCUT2D eigenvalue weighted by atomic mass is 10.2. The van der Waals surface area contributed by atoms with Gasteiger partial charge in [-0.05, 0) is 12.1 Å². The van der Waals surface area contributed by atoms with Crippen molar-refractivity contribution in [2.45, 2.75) is 11.4 Å². The Morgan fingerprint density at radius 3 is 2.35 bits per heavy atom. The molecule has 0 unspecified atom stereocenters. The molecule has 0 aromatic heterocycles. The summed E-state index contributed by atoms with van der Waals surface area (Å²) in [5.74, 6) is 1.11. The topological polar surface area (TPSA) is 60.3 Å². The fraction of sp³-hybridized carbons (Fsp3) is 0.368. The third-order valence-corrected chi connectivity index (χ3v) is 6.77. The van der Waals surface area contributed by atoms with Gasteiger partial charge in [0.05, 0.1) is 31.1 Å². The molecule has 0 bridgehead atoms. The van der Waals surface area contributed by atoms with E-state index in [1.807, 2.05) is 18.2 Å². The number of nitrogens with zero attached hydrogens (tertiary/aromatic N) is 1. The molecule has 0 spiro atoms. The minimum Gasteiger partial charge on any atom is -0.486 e. The van der Waals surface area contributed by atoms with Crippen LogP contribution in [-0.2, 0) is 16.6 Å². The molecule has 4 rings (SSSR count). The highest BCUT2D eigenvalue weighted by atomic mass is 32.2. The first-order chi connectivity index (χ1) is 12.6. The van der Waals surface area contributed by atoms with E-state index in [4.69, 9.17) is 9.47 Å². The second kappa shape index (κ2) is 7.26. The van der Waals surface area contributed by atoms with Crippen LogP contribution in [0.4, 0.5) is 0 Å². The van der Waals surface area contributed by atoms with Gasteiger partial charge in [-0.3, -0.25) is 0 Å². The monoisotopic (exact) mass is 375 g/mol. The molecule has 2 aliphatic heterocycles. The minimum absolute atomic E-state index is 0.272. The highest BCUT2D eigenvalue weighted by Crippen LogP contribution is 2.33. The second-order valence-electron chi connectivity index (χ2n) is 6.62. The predicted octanol–water partition coefficient (Wildman–Crippen LogP) is 0.547. The lowest BCUT2D eigenvalue weighted by Crippen LogP contribution is -3.13. The molecule has 1 fully saturated rings. The average Bonchev–Trinajstić information content (AvgIpc) is 2.69. The van der Waals surface area contributed by atoms with Crippen LogP contribution in [0, 0.1) is 0 Å². The standard InChI is InChI=1S/C19H22N2O4S/c22-26(23,17-6-7-18-19(14-17)25-13-12-24-18)21-10-8-20(9-11-21)15-16-4-2-1-3-5-16/h1-7,14H,8-13,15H2/p+1. The molecule has 2 heterocycles. The number of hydrogen-bond acceptors (Lipinski definition) is 4. The summed E-state index contributed by atoms with van der Waals surface area (Å²) in [5.41, 5.74) is 1.28. The third-order valence-electron chi connectivity index (χ3n) is 4.88. The van der Waals surface area contributed by atoms with Crippen LogP contribution in [-0.4, -0.2) is 52.1 Å². The largest absolute Gasteiger partial charge is 0.486 e. The highest BCUT2D eigenvalue weighted by Gasteiger charge is 2.31. The van der Waals surface area contributed by atoms with E-state index in [2.05, 4.69) is 12.1 Å². The van der Waals surface area contributed by atoms with Crippen LogP contribution < -0.4 is 14.4 Å². The van der Waals surface area contributed by atoms with Gasteiger partial charge in [0, 0.05) is 11.6 Å². The van der Waals surface area contributed by atoms with E-state index in [-0.39, 0.29) is 4.90 Å². The number of benzene rings is 2. The SMILES string of the molecule is O=S(=O)(c1ccc2c(c1)OCCO2)N1CC[NH+](Cc2ccccc2)CC1. The summed E-state index contributed by atoms with van der Waals surface area (Å²) < 4.78 is 38.5. The van der Waals surface area contributed by atoms with Crippen molar-refractivity contribution in [3.63, 3.8) is 0 Å². The van der Waals surface area contributed by atoms with Crippen LogP contribution in [0.5, 0.6) is 11.5 Å². The molecule has 1 saturated heterocycles. The van der Waals surface area contributed by atoms with E-state index in [0.29, 0.717) is 37.8 Å². The summed E-state index contributed by atoms with van der Waals surface area (Å²) in [6.45, 7) is 4.53. The van der Waals surface area contributed by atoms with Crippen molar-refractivity contribution in [3.8, 4) is 11.5 Å². The smallest absolute Gasteiger partial charge is 0.243 e. The quantitative estimate of drug-likeness (QED) is 0.848. The first kappa shape index (κ1) is 17.3. The van der Waals surface area contributed by atoms with Crippen molar-refractivity contribution in [1.82, 2.24) is 4.31 Å². The summed E-state index contributed by atoms with van der Waals surface area (Å²) in [5, 5.41) is 0. The van der Waals surface area contributed by atoms with Crippen LogP contribution in [0.3, 0.4) is 0 Å². The summed E-state index contributed by atoms with van der Waals surface area (Å²) >= 11 is 0. The van der Waals surface area contributed by atoms with Crippen LogP contribution in [0.1, 0.15) is 5.56 Å². The summed E-state index contributed by atoms with van der Waals surface area (Å²) in [4.78, 5) is 1.68. The number of rotatable bonds is 4. The predicted molar refractivity (Wildman–Crippen MR) is 97.0 cm³/mol. The molecule has 0 atom stereocenters. The van der Waals surface area contributed by atoms with Crippen molar-refractivity contribution in [2.75, 3.05) is 39.4 Å². The molecular formula is C19H23N2O4S+. The molecule has 2 aromatic rings. The number of piperazine rings is 1. The van der Waals surface area contributed by atoms with Gasteiger partial charge in [-0.15, -0.1) is 0 Å². The first-order valence-electron chi connectivity index (χ1n) is 8.90. The Bertz CT molecular complexity index is 862. The summed E-state index contributed by atoms with van der Waals surface area (Å²) in [7, 11) is -3.51. The number of quaternary nitrogens is 1. The Hall–Kier alpha value is -2.09. The van der Waals surface area contributed by atoms with Gasteiger partial charge < -0.3 is 14.4 Å². The van der Waals surface area contributed by atoms with Crippen molar-refractivity contribution >= 4 is 10.0 Å². The first-order valence-corrected chi connectivity index (χ1v) is 10.3. The molecule has 26 heavy (non-hydrogen) atoms. The number of ether oxygens (including phenoxy) is 2. The zero-order valence-corrected chi connectivity index (χ0v) is 15.4. The van der Waals surface area contributed by atoms with Crippen LogP contribution in [0.25, 0.3) is 0 Å². The van der Waals surface area contributed by atoms with Gasteiger partial charge in [-0.1, -0.05) is 30.3 Å². The molecule has 6 nitrogen and oxygen atoms in total. The zero-order valence-electron chi connectivity index (χ0n) is 14.6. The van der Waals surface area contributed by atoms with Gasteiger partial charge in [-0.25, -0.2) is 8.42 Å². The minimum atomic E-state index is -3.51. The molecule has 0 amide bonds. The molecule has 0 aliphatic carbocycles. The normalized spacial score (nSPS) is 18.6. The van der Waals surface area contributed by atoms with E-state index in [1.165, 1.54) is 10.5 Å². The van der Waals surface area contributed by atoms with E-state index in [9.17, 15) is 8.42 Å². The fourth-order valence-electron chi connectivity index (χ4n) is 3.44. The Kier molecular flexibility index (Phi) is 4.84. The third kappa shape index (κ3) is 3.56. The van der Waals surface area contributed by atoms with Gasteiger partial charge in [-0.2, -0.15) is 4.31 Å². The zero-order chi connectivity index (χ0) is 18.0. The molecule has 2 aromatic carbocycles. The fourth-order valence-corrected chi connectivity index (χ4v) is 4.89. The summed E-state index contributed by atoms with van der Waals surface area (Å²) in [6, 6.07) is 15.2. The van der Waals surface area contributed by atoms with Gasteiger partial charge in [0.2, 0.25) is 10.0 Å². The van der Waals surface area contributed by atoms with E-state index >= 15 is 0 Å². The number of fused-ring (bicyclic) bond motifs is 1. The van der Waals surface area contributed by atoms with Gasteiger partial charge in [0.25, 0.3) is 0 Å². The van der Waals surface area contributed by atoms with Crippen molar-refractivity contribution in [1.29, 1.82) is 0 Å². The molecule has 2 aliphatic rings. The molecule has 138 valence electrons. The Labute approximate surface area is 154 Å².